The van der Waals surface area contributed by atoms with Gasteiger partial charge in [-0.1, -0.05) is 31.2 Å². The maximum Gasteiger partial charge on any atom is 0.257 e. The lowest BCUT2D eigenvalue weighted by Gasteiger charge is -2.25. The quantitative estimate of drug-likeness (QED) is 0.869. The van der Waals surface area contributed by atoms with E-state index < -0.39 is 0 Å². The van der Waals surface area contributed by atoms with Crippen LogP contribution < -0.4 is 5.32 Å². The van der Waals surface area contributed by atoms with Crippen LogP contribution in [0.4, 0.5) is 0 Å². The minimum Gasteiger partial charge on any atom is -0.322 e. The van der Waals surface area contributed by atoms with Crippen molar-refractivity contribution in [3.63, 3.8) is 0 Å². The largest absolute Gasteiger partial charge is 0.322 e. The molecule has 1 N–H and O–H groups in total. The van der Waals surface area contributed by atoms with Crippen molar-refractivity contribution in [2.75, 3.05) is 0 Å². The number of carbonyl (C=O) groups is 1. The number of thiophene rings is 1. The molecule has 6 rings (SSSR count). The zero-order valence-electron chi connectivity index (χ0n) is 12.6. The van der Waals surface area contributed by atoms with Gasteiger partial charge in [0.05, 0.1) is 5.56 Å². The molecule has 2 unspecified atom stereocenters. The van der Waals surface area contributed by atoms with E-state index in [0.717, 1.165) is 34.9 Å². The number of fused-ring (bicyclic) bond motifs is 3. The van der Waals surface area contributed by atoms with Gasteiger partial charge in [-0.15, -0.1) is 11.3 Å². The number of hydrogen-bond acceptors (Lipinski definition) is 2. The van der Waals surface area contributed by atoms with E-state index in [1.54, 1.807) is 11.3 Å². The fraction of sp³-hybridized carbons (Fsp3) is 0.316. The third-order valence-electron chi connectivity index (χ3n) is 5.86. The lowest BCUT2D eigenvalue weighted by molar-refractivity contribution is 0.0967. The van der Waals surface area contributed by atoms with E-state index in [4.69, 9.17) is 0 Å². The highest BCUT2D eigenvalue weighted by Gasteiger charge is 2.82. The second-order valence-electron chi connectivity index (χ2n) is 6.77. The average Bonchev–Trinajstić information content (AvgIpc) is 3.25. The highest BCUT2D eigenvalue weighted by atomic mass is 32.1. The summed E-state index contributed by atoms with van der Waals surface area (Å²) in [5, 5.41) is 6.26. The standard InChI is InChI=1S/C19H17NOS/c1-3-10-8-13-15-16(19(13,15)2)17(10)20-18(21)12-9-22-14-7-5-4-6-11(12)14/h3-7,9,13,15H,8H2,1-2H3,(H,20,21)/b10-3-/t13-,15?,19?/m0/s1. The van der Waals surface area contributed by atoms with Crippen LogP contribution in [0.2, 0.25) is 0 Å². The molecule has 3 heteroatoms. The summed E-state index contributed by atoms with van der Waals surface area (Å²) in [6.45, 7) is 4.42. The number of allylic oxidation sites excluding steroid dienone is 3. The summed E-state index contributed by atoms with van der Waals surface area (Å²) in [7, 11) is 0. The second kappa shape index (κ2) is 3.90. The van der Waals surface area contributed by atoms with Gasteiger partial charge in [0.1, 0.15) is 0 Å². The molecule has 1 aromatic carbocycles. The molecule has 110 valence electrons. The Hall–Kier alpha value is -1.87. The van der Waals surface area contributed by atoms with Gasteiger partial charge in [0.25, 0.3) is 5.91 Å². The summed E-state index contributed by atoms with van der Waals surface area (Å²) in [6, 6.07) is 8.11. The molecular formula is C19H17NOS. The Morgan fingerprint density at radius 2 is 2.18 bits per heavy atom. The van der Waals surface area contributed by atoms with E-state index in [9.17, 15) is 4.79 Å². The third-order valence-corrected chi connectivity index (χ3v) is 6.82. The van der Waals surface area contributed by atoms with Crippen LogP contribution in [0, 0.1) is 17.3 Å². The Bertz CT molecular complexity index is 903. The van der Waals surface area contributed by atoms with Crippen LogP contribution in [-0.2, 0) is 0 Å². The van der Waals surface area contributed by atoms with Crippen LogP contribution in [0.5, 0.6) is 0 Å². The van der Waals surface area contributed by atoms with Crippen LogP contribution in [-0.4, -0.2) is 5.91 Å². The third kappa shape index (κ3) is 1.38. The molecule has 1 amide bonds. The van der Waals surface area contributed by atoms with Crippen molar-refractivity contribution in [1.82, 2.24) is 5.32 Å². The highest BCUT2D eigenvalue weighted by molar-refractivity contribution is 7.17. The molecule has 1 aromatic heterocycles. The molecule has 2 saturated carbocycles. The number of rotatable bonds is 2. The van der Waals surface area contributed by atoms with Crippen LogP contribution in [0.25, 0.3) is 10.1 Å². The summed E-state index contributed by atoms with van der Waals surface area (Å²) in [6.07, 6.45) is 3.29. The van der Waals surface area contributed by atoms with Gasteiger partial charge in [0.15, 0.2) is 0 Å². The summed E-state index contributed by atoms with van der Waals surface area (Å²) in [5.74, 6) is 1.63. The first-order valence-corrected chi connectivity index (χ1v) is 8.72. The number of nitrogens with one attached hydrogen (secondary N) is 1. The summed E-state index contributed by atoms with van der Waals surface area (Å²) in [5.41, 5.74) is 5.15. The fourth-order valence-electron chi connectivity index (χ4n) is 4.40. The summed E-state index contributed by atoms with van der Waals surface area (Å²) in [4.78, 5) is 12.8. The Labute approximate surface area is 133 Å². The first-order chi connectivity index (χ1) is 10.7. The van der Waals surface area contributed by atoms with Crippen molar-refractivity contribution in [3.8, 4) is 0 Å². The van der Waals surface area contributed by atoms with Gasteiger partial charge in [-0.3, -0.25) is 4.79 Å². The van der Waals surface area contributed by atoms with Gasteiger partial charge in [-0.25, -0.2) is 0 Å². The van der Waals surface area contributed by atoms with Crippen molar-refractivity contribution in [2.45, 2.75) is 20.3 Å². The average molecular weight is 307 g/mol. The topological polar surface area (TPSA) is 29.1 Å². The molecular weight excluding hydrogens is 290 g/mol. The fourth-order valence-corrected chi connectivity index (χ4v) is 5.34. The van der Waals surface area contributed by atoms with Gasteiger partial charge in [0, 0.05) is 26.6 Å². The van der Waals surface area contributed by atoms with E-state index in [1.165, 1.54) is 15.8 Å². The zero-order chi connectivity index (χ0) is 15.1. The first-order valence-electron chi connectivity index (χ1n) is 7.84. The molecule has 0 spiro atoms. The molecule has 1 heterocycles. The predicted molar refractivity (Wildman–Crippen MR) is 89.8 cm³/mol. The van der Waals surface area contributed by atoms with E-state index in [2.05, 4.69) is 31.3 Å². The summed E-state index contributed by atoms with van der Waals surface area (Å²) >= 11 is 1.63. The van der Waals surface area contributed by atoms with Crippen LogP contribution >= 0.6 is 11.3 Å². The van der Waals surface area contributed by atoms with Crippen LogP contribution in [0.15, 0.2) is 52.6 Å². The Morgan fingerprint density at radius 3 is 2.95 bits per heavy atom. The first kappa shape index (κ1) is 12.7. The number of carbonyl (C=O) groups excluding carboxylic acids is 1. The minimum absolute atomic E-state index is 0.0349. The van der Waals surface area contributed by atoms with Crippen LogP contribution in [0.1, 0.15) is 30.6 Å². The molecule has 3 atom stereocenters. The Kier molecular flexibility index (Phi) is 2.25. The predicted octanol–water partition coefficient (Wildman–Crippen LogP) is 4.50. The van der Waals surface area contributed by atoms with Gasteiger partial charge >= 0.3 is 0 Å². The normalized spacial score (nSPS) is 33.1. The maximum atomic E-state index is 12.8. The number of benzene rings is 1. The lowest BCUT2D eigenvalue weighted by atomic mass is 9.85. The van der Waals surface area contributed by atoms with Crippen LogP contribution in [0.3, 0.4) is 0 Å². The molecule has 0 aliphatic heterocycles. The molecule has 0 radical (unpaired) electrons. The smallest absolute Gasteiger partial charge is 0.257 e. The molecule has 2 bridgehead atoms. The zero-order valence-corrected chi connectivity index (χ0v) is 13.5. The van der Waals surface area contributed by atoms with E-state index in [1.807, 2.05) is 23.6 Å². The molecule has 2 aromatic rings. The monoisotopic (exact) mass is 307 g/mol. The van der Waals surface area contributed by atoms with E-state index in [0.29, 0.717) is 5.41 Å². The lowest BCUT2D eigenvalue weighted by Crippen LogP contribution is -2.28. The van der Waals surface area contributed by atoms with Gasteiger partial charge in [-0.2, -0.15) is 0 Å². The van der Waals surface area contributed by atoms with Crippen molar-refractivity contribution in [3.05, 3.63) is 58.1 Å². The van der Waals surface area contributed by atoms with Gasteiger partial charge in [0.2, 0.25) is 0 Å². The van der Waals surface area contributed by atoms with Gasteiger partial charge in [-0.05, 0) is 42.4 Å². The molecule has 0 saturated heterocycles. The van der Waals surface area contributed by atoms with Crippen molar-refractivity contribution >= 4 is 27.3 Å². The van der Waals surface area contributed by atoms with Crippen molar-refractivity contribution in [1.29, 1.82) is 0 Å². The van der Waals surface area contributed by atoms with E-state index in [-0.39, 0.29) is 5.91 Å². The van der Waals surface area contributed by atoms with E-state index >= 15 is 0 Å². The van der Waals surface area contributed by atoms with Crippen molar-refractivity contribution in [2.24, 2.45) is 17.3 Å². The molecule has 2 nitrogen and oxygen atoms in total. The SMILES string of the molecule is C/C=C1/C[C@H]2C3C(=C1NC(=O)c1csc4ccccc14)C32C. The van der Waals surface area contributed by atoms with Gasteiger partial charge < -0.3 is 5.32 Å². The second-order valence-corrected chi connectivity index (χ2v) is 7.68. The summed E-state index contributed by atoms with van der Waals surface area (Å²) < 4.78 is 1.17. The molecule has 22 heavy (non-hydrogen) atoms. The van der Waals surface area contributed by atoms with Crippen molar-refractivity contribution < 1.29 is 4.79 Å². The molecule has 4 aliphatic rings. The molecule has 4 aliphatic carbocycles. The molecule has 2 fully saturated rings. The maximum absolute atomic E-state index is 12.8. The number of hydrogen-bond donors (Lipinski definition) is 1. The number of amides is 1. The minimum atomic E-state index is 0.0349. The Morgan fingerprint density at radius 1 is 1.41 bits per heavy atom. The Balaban J connectivity index is 1.52. The highest BCUT2D eigenvalue weighted by Crippen LogP contribution is 2.88.